The molecule has 1 heterocycles. The van der Waals surface area contributed by atoms with Crippen molar-refractivity contribution in [3.05, 3.63) is 30.1 Å². The highest BCUT2D eigenvalue weighted by Crippen LogP contribution is 2.43. The van der Waals surface area contributed by atoms with E-state index in [1.165, 1.54) is 18.4 Å². The van der Waals surface area contributed by atoms with Gasteiger partial charge in [-0.05, 0) is 63.7 Å². The van der Waals surface area contributed by atoms with Crippen LogP contribution in [0.5, 0.6) is 0 Å². The average molecular weight is 248 g/mol. The molecule has 100 valence electrons. The van der Waals surface area contributed by atoms with E-state index < -0.39 is 0 Å². The van der Waals surface area contributed by atoms with E-state index in [4.69, 9.17) is 5.11 Å². The summed E-state index contributed by atoms with van der Waals surface area (Å²) in [4.78, 5) is 6.62. The van der Waals surface area contributed by atoms with Crippen LogP contribution >= 0.6 is 0 Å². The maximum absolute atomic E-state index is 9.05. The standard InChI is InChI=1S/C15H24N2O/c1-17(2)15(14-4-3-10-16-12-14)8-5-13(6-9-15)7-11-18/h3-4,10,12-13,18H,5-9,11H2,1-2H3. The van der Waals surface area contributed by atoms with Gasteiger partial charge in [0.1, 0.15) is 0 Å². The molecule has 18 heavy (non-hydrogen) atoms. The summed E-state index contributed by atoms with van der Waals surface area (Å²) in [5, 5.41) is 9.05. The van der Waals surface area contributed by atoms with Crippen molar-refractivity contribution in [1.82, 2.24) is 9.88 Å². The van der Waals surface area contributed by atoms with E-state index in [-0.39, 0.29) is 5.54 Å². The van der Waals surface area contributed by atoms with Gasteiger partial charge in [0.2, 0.25) is 0 Å². The lowest BCUT2D eigenvalue weighted by Gasteiger charge is -2.45. The van der Waals surface area contributed by atoms with Gasteiger partial charge in [-0.1, -0.05) is 6.07 Å². The molecule has 0 radical (unpaired) electrons. The molecule has 3 nitrogen and oxygen atoms in total. The van der Waals surface area contributed by atoms with Gasteiger partial charge in [0, 0.05) is 24.5 Å². The number of pyridine rings is 1. The molecular weight excluding hydrogens is 224 g/mol. The molecule has 0 aliphatic heterocycles. The van der Waals surface area contributed by atoms with Crippen LogP contribution in [0.3, 0.4) is 0 Å². The fraction of sp³-hybridized carbons (Fsp3) is 0.667. The number of aliphatic hydroxyl groups is 1. The fourth-order valence-corrected chi connectivity index (χ4v) is 3.26. The highest BCUT2D eigenvalue weighted by atomic mass is 16.3. The van der Waals surface area contributed by atoms with Crippen molar-refractivity contribution in [3.8, 4) is 0 Å². The first-order valence-corrected chi connectivity index (χ1v) is 6.88. The SMILES string of the molecule is CN(C)C1(c2cccnc2)CCC(CCO)CC1. The Morgan fingerprint density at radius 1 is 1.39 bits per heavy atom. The zero-order valence-electron chi connectivity index (χ0n) is 11.5. The number of nitrogens with zero attached hydrogens (tertiary/aromatic N) is 2. The van der Waals surface area contributed by atoms with Gasteiger partial charge >= 0.3 is 0 Å². The first-order chi connectivity index (χ1) is 8.69. The Morgan fingerprint density at radius 3 is 2.61 bits per heavy atom. The summed E-state index contributed by atoms with van der Waals surface area (Å²) in [6.07, 6.45) is 9.53. The molecule has 1 aromatic heterocycles. The summed E-state index contributed by atoms with van der Waals surface area (Å²) >= 11 is 0. The van der Waals surface area contributed by atoms with Crippen molar-refractivity contribution in [2.45, 2.75) is 37.6 Å². The molecule has 0 saturated heterocycles. The van der Waals surface area contributed by atoms with Gasteiger partial charge in [-0.15, -0.1) is 0 Å². The predicted molar refractivity (Wildman–Crippen MR) is 73.3 cm³/mol. The third kappa shape index (κ3) is 2.57. The van der Waals surface area contributed by atoms with Crippen LogP contribution in [0.1, 0.15) is 37.7 Å². The van der Waals surface area contributed by atoms with Crippen molar-refractivity contribution >= 4 is 0 Å². The lowest BCUT2D eigenvalue weighted by Crippen LogP contribution is -2.44. The summed E-state index contributed by atoms with van der Waals surface area (Å²) in [5.74, 6) is 0.694. The Morgan fingerprint density at radius 2 is 2.11 bits per heavy atom. The zero-order valence-corrected chi connectivity index (χ0v) is 11.5. The second-order valence-electron chi connectivity index (χ2n) is 5.62. The first kappa shape index (κ1) is 13.5. The van der Waals surface area contributed by atoms with Crippen LogP contribution in [0, 0.1) is 5.92 Å². The molecule has 1 N–H and O–H groups in total. The van der Waals surface area contributed by atoms with E-state index >= 15 is 0 Å². The predicted octanol–water partition coefficient (Wildman–Crippen LogP) is 2.41. The highest BCUT2D eigenvalue weighted by Gasteiger charge is 2.38. The number of aromatic nitrogens is 1. The molecule has 0 amide bonds. The zero-order chi connectivity index (χ0) is 13.0. The van der Waals surface area contributed by atoms with E-state index in [1.54, 1.807) is 0 Å². The molecule has 3 heteroatoms. The summed E-state index contributed by atoms with van der Waals surface area (Å²) in [6.45, 7) is 0.326. The fourth-order valence-electron chi connectivity index (χ4n) is 3.26. The van der Waals surface area contributed by atoms with Gasteiger partial charge in [-0.3, -0.25) is 9.88 Å². The number of hydrogen-bond donors (Lipinski definition) is 1. The minimum absolute atomic E-state index is 0.139. The Labute approximate surface area is 110 Å². The van der Waals surface area contributed by atoms with Gasteiger partial charge in [-0.25, -0.2) is 0 Å². The van der Waals surface area contributed by atoms with Gasteiger partial charge in [0.25, 0.3) is 0 Å². The summed E-state index contributed by atoms with van der Waals surface area (Å²) in [7, 11) is 4.33. The number of rotatable bonds is 4. The van der Waals surface area contributed by atoms with Crippen LogP contribution in [-0.2, 0) is 5.54 Å². The smallest absolute Gasteiger partial charge is 0.0470 e. The third-order valence-electron chi connectivity index (χ3n) is 4.52. The van der Waals surface area contributed by atoms with Gasteiger partial charge < -0.3 is 5.11 Å². The van der Waals surface area contributed by atoms with Crippen LogP contribution in [-0.4, -0.2) is 35.7 Å². The first-order valence-electron chi connectivity index (χ1n) is 6.88. The Balaban J connectivity index is 2.16. The van der Waals surface area contributed by atoms with Crippen LogP contribution in [0.15, 0.2) is 24.5 Å². The number of aliphatic hydroxyl groups excluding tert-OH is 1. The number of hydrogen-bond acceptors (Lipinski definition) is 3. The molecule has 1 aliphatic carbocycles. The third-order valence-corrected chi connectivity index (χ3v) is 4.52. The quantitative estimate of drug-likeness (QED) is 0.889. The molecule has 0 spiro atoms. The van der Waals surface area contributed by atoms with Crippen LogP contribution < -0.4 is 0 Å². The topological polar surface area (TPSA) is 36.4 Å². The second kappa shape index (κ2) is 5.81. The minimum atomic E-state index is 0.139. The molecule has 1 fully saturated rings. The van der Waals surface area contributed by atoms with Crippen molar-refractivity contribution in [2.75, 3.05) is 20.7 Å². The lowest BCUT2D eigenvalue weighted by molar-refractivity contribution is 0.0700. The molecule has 0 bridgehead atoms. The molecule has 0 aromatic carbocycles. The molecule has 1 aromatic rings. The largest absolute Gasteiger partial charge is 0.396 e. The van der Waals surface area contributed by atoms with E-state index in [0.29, 0.717) is 12.5 Å². The molecule has 0 atom stereocenters. The Kier molecular flexibility index (Phi) is 4.36. The summed E-state index contributed by atoms with van der Waals surface area (Å²) in [6, 6.07) is 4.22. The normalized spacial score (nSPS) is 28.6. The Bertz CT molecular complexity index is 356. The van der Waals surface area contributed by atoms with Crippen LogP contribution in [0.4, 0.5) is 0 Å². The summed E-state index contributed by atoms with van der Waals surface area (Å²) in [5.41, 5.74) is 1.47. The van der Waals surface area contributed by atoms with Crippen LogP contribution in [0.25, 0.3) is 0 Å². The van der Waals surface area contributed by atoms with E-state index in [9.17, 15) is 0 Å². The molecule has 1 saturated carbocycles. The van der Waals surface area contributed by atoms with E-state index in [2.05, 4.69) is 30.0 Å². The minimum Gasteiger partial charge on any atom is -0.396 e. The van der Waals surface area contributed by atoms with Crippen molar-refractivity contribution < 1.29 is 5.11 Å². The van der Waals surface area contributed by atoms with E-state index in [0.717, 1.165) is 19.3 Å². The molecular formula is C15H24N2O. The Hall–Kier alpha value is -0.930. The van der Waals surface area contributed by atoms with Crippen molar-refractivity contribution in [3.63, 3.8) is 0 Å². The summed E-state index contributed by atoms with van der Waals surface area (Å²) < 4.78 is 0. The molecule has 1 aliphatic rings. The van der Waals surface area contributed by atoms with Crippen LogP contribution in [0.2, 0.25) is 0 Å². The van der Waals surface area contributed by atoms with Crippen molar-refractivity contribution in [1.29, 1.82) is 0 Å². The van der Waals surface area contributed by atoms with Crippen molar-refractivity contribution in [2.24, 2.45) is 5.92 Å². The van der Waals surface area contributed by atoms with Gasteiger partial charge in [-0.2, -0.15) is 0 Å². The van der Waals surface area contributed by atoms with Gasteiger partial charge in [0.15, 0.2) is 0 Å². The van der Waals surface area contributed by atoms with E-state index in [1.807, 2.05) is 18.5 Å². The lowest BCUT2D eigenvalue weighted by atomic mass is 9.71. The highest BCUT2D eigenvalue weighted by molar-refractivity contribution is 5.21. The monoisotopic (exact) mass is 248 g/mol. The second-order valence-corrected chi connectivity index (χ2v) is 5.62. The maximum atomic E-state index is 9.05. The average Bonchev–Trinajstić information content (AvgIpc) is 2.41. The molecule has 0 unspecified atom stereocenters. The van der Waals surface area contributed by atoms with Gasteiger partial charge in [0.05, 0.1) is 0 Å². The maximum Gasteiger partial charge on any atom is 0.0470 e. The molecule has 2 rings (SSSR count).